The summed E-state index contributed by atoms with van der Waals surface area (Å²) in [5.74, 6) is 0.687. The third-order valence-corrected chi connectivity index (χ3v) is 5.70. The zero-order chi connectivity index (χ0) is 21.4. The number of aryl methyl sites for hydroxylation is 1. The average Bonchev–Trinajstić information content (AvgIpc) is 2.60. The topological polar surface area (TPSA) is 81.4 Å². The molecule has 2 aromatic rings. The molecule has 5 nitrogen and oxygen atoms in total. The lowest BCUT2D eigenvalue weighted by Gasteiger charge is -2.29. The molecule has 1 aliphatic rings. The number of halogens is 3. The van der Waals surface area contributed by atoms with Crippen LogP contribution in [0.5, 0.6) is 5.75 Å². The summed E-state index contributed by atoms with van der Waals surface area (Å²) in [6.07, 6.45) is -2.25. The van der Waals surface area contributed by atoms with E-state index >= 15 is 0 Å². The highest BCUT2D eigenvalue weighted by Gasteiger charge is 2.33. The van der Waals surface area contributed by atoms with Gasteiger partial charge in [-0.15, -0.1) is 0 Å². The van der Waals surface area contributed by atoms with Crippen LogP contribution in [0.3, 0.4) is 0 Å². The number of nitrogens with one attached hydrogen (secondary N) is 1. The molecule has 2 aromatic carbocycles. The summed E-state index contributed by atoms with van der Waals surface area (Å²) in [5, 5.41) is 8.28. The zero-order valence-corrected chi connectivity index (χ0v) is 16.9. The van der Waals surface area contributed by atoms with E-state index in [1.54, 1.807) is 0 Å². The highest BCUT2D eigenvalue weighted by molar-refractivity contribution is 7.89. The van der Waals surface area contributed by atoms with Gasteiger partial charge in [0.15, 0.2) is 0 Å². The first kappa shape index (κ1) is 21.4. The van der Waals surface area contributed by atoms with Crippen molar-refractivity contribution in [3.63, 3.8) is 0 Å². The van der Waals surface area contributed by atoms with Gasteiger partial charge in [0.2, 0.25) is 10.0 Å². The summed E-state index contributed by atoms with van der Waals surface area (Å²) in [6.45, 7) is 3.82. The molecular weight excluding hydrogens is 405 g/mol. The van der Waals surface area contributed by atoms with Crippen LogP contribution in [-0.2, 0) is 22.6 Å². The Labute approximate surface area is 168 Å². The molecule has 3 rings (SSSR count). The normalized spacial score (nSPS) is 17.1. The van der Waals surface area contributed by atoms with Crippen molar-refractivity contribution in [2.24, 2.45) is 5.14 Å². The van der Waals surface area contributed by atoms with Gasteiger partial charge in [0.25, 0.3) is 0 Å². The van der Waals surface area contributed by atoms with E-state index < -0.39 is 26.7 Å². The van der Waals surface area contributed by atoms with Crippen molar-refractivity contribution in [1.82, 2.24) is 0 Å². The van der Waals surface area contributed by atoms with Crippen LogP contribution < -0.4 is 15.2 Å². The summed E-state index contributed by atoms with van der Waals surface area (Å²) in [4.78, 5) is -0.575. The van der Waals surface area contributed by atoms with Gasteiger partial charge in [-0.1, -0.05) is 6.07 Å². The molecule has 29 heavy (non-hydrogen) atoms. The van der Waals surface area contributed by atoms with Crippen molar-refractivity contribution >= 4 is 15.7 Å². The molecule has 0 heterocycles. The van der Waals surface area contributed by atoms with Crippen LogP contribution in [0.25, 0.3) is 0 Å². The molecular formula is C20H23F3N2O3S. The number of ether oxygens (including phenoxy) is 1. The maximum atomic E-state index is 13.0. The maximum Gasteiger partial charge on any atom is 0.416 e. The largest absolute Gasteiger partial charge is 0.491 e. The third kappa shape index (κ3) is 5.02. The molecule has 0 unspecified atom stereocenters. The van der Waals surface area contributed by atoms with Gasteiger partial charge in [-0.3, -0.25) is 0 Å². The molecule has 1 atom stereocenters. The summed E-state index contributed by atoms with van der Waals surface area (Å²) < 4.78 is 68.7. The smallest absolute Gasteiger partial charge is 0.416 e. The second kappa shape index (κ2) is 7.87. The van der Waals surface area contributed by atoms with Crippen molar-refractivity contribution in [2.75, 3.05) is 5.32 Å². The maximum absolute atomic E-state index is 13.0. The monoisotopic (exact) mass is 428 g/mol. The lowest BCUT2D eigenvalue weighted by atomic mass is 9.87. The molecule has 0 fully saturated rings. The summed E-state index contributed by atoms with van der Waals surface area (Å²) >= 11 is 0. The van der Waals surface area contributed by atoms with Crippen LogP contribution in [0.4, 0.5) is 18.9 Å². The predicted molar refractivity (Wildman–Crippen MR) is 104 cm³/mol. The minimum atomic E-state index is -4.67. The van der Waals surface area contributed by atoms with E-state index in [2.05, 4.69) is 5.32 Å². The van der Waals surface area contributed by atoms with E-state index in [0.29, 0.717) is 18.2 Å². The van der Waals surface area contributed by atoms with E-state index in [0.717, 1.165) is 36.1 Å². The molecule has 0 aromatic heterocycles. The SMILES string of the molecule is CC(C)Oc1ccc2c(c1)[C@@H](Nc1ccc(C(F)(F)F)cc1S(N)(=O)=O)CCC2. The van der Waals surface area contributed by atoms with Crippen molar-refractivity contribution < 1.29 is 26.3 Å². The van der Waals surface area contributed by atoms with Gasteiger partial charge in [-0.05, 0) is 74.6 Å². The van der Waals surface area contributed by atoms with E-state index in [1.165, 1.54) is 0 Å². The quantitative estimate of drug-likeness (QED) is 0.728. The van der Waals surface area contributed by atoms with Gasteiger partial charge in [-0.2, -0.15) is 13.2 Å². The number of anilines is 1. The first-order valence-corrected chi connectivity index (χ1v) is 10.8. The minimum Gasteiger partial charge on any atom is -0.491 e. The Bertz CT molecular complexity index is 1000. The molecule has 0 bridgehead atoms. The Morgan fingerprint density at radius 1 is 1.17 bits per heavy atom. The summed E-state index contributed by atoms with van der Waals surface area (Å²) in [5.41, 5.74) is 1.01. The van der Waals surface area contributed by atoms with Crippen LogP contribution in [0.2, 0.25) is 0 Å². The van der Waals surface area contributed by atoms with Crippen molar-refractivity contribution in [2.45, 2.75) is 56.3 Å². The molecule has 0 saturated heterocycles. The van der Waals surface area contributed by atoms with Crippen LogP contribution in [0, 0.1) is 0 Å². The van der Waals surface area contributed by atoms with Crippen molar-refractivity contribution in [1.29, 1.82) is 0 Å². The molecule has 9 heteroatoms. The van der Waals surface area contributed by atoms with Gasteiger partial charge < -0.3 is 10.1 Å². The van der Waals surface area contributed by atoms with E-state index in [9.17, 15) is 21.6 Å². The molecule has 0 radical (unpaired) electrons. The molecule has 0 spiro atoms. The standard InChI is InChI=1S/C20H23F3N2O3S/c1-12(2)28-15-8-6-13-4-3-5-17(16(13)11-15)25-18-9-7-14(20(21,22)23)10-19(18)29(24,26)27/h6-12,17,25H,3-5H2,1-2H3,(H2,24,26,27)/t17-/m0/s1. The number of primary sulfonamides is 1. The summed E-state index contributed by atoms with van der Waals surface area (Å²) in [6, 6.07) is 8.01. The number of fused-ring (bicyclic) bond motifs is 1. The Morgan fingerprint density at radius 3 is 2.52 bits per heavy atom. The van der Waals surface area contributed by atoms with Crippen LogP contribution in [-0.4, -0.2) is 14.5 Å². The number of hydrogen-bond donors (Lipinski definition) is 2. The van der Waals surface area contributed by atoms with Gasteiger partial charge in [0, 0.05) is 0 Å². The fraction of sp³-hybridized carbons (Fsp3) is 0.400. The third-order valence-electron chi connectivity index (χ3n) is 4.75. The first-order chi connectivity index (χ1) is 13.4. The van der Waals surface area contributed by atoms with Crippen LogP contribution in [0.15, 0.2) is 41.3 Å². The lowest BCUT2D eigenvalue weighted by molar-refractivity contribution is -0.137. The van der Waals surface area contributed by atoms with Gasteiger partial charge >= 0.3 is 6.18 Å². The highest BCUT2D eigenvalue weighted by atomic mass is 32.2. The Morgan fingerprint density at radius 2 is 1.90 bits per heavy atom. The van der Waals surface area contributed by atoms with Crippen LogP contribution >= 0.6 is 0 Å². The van der Waals surface area contributed by atoms with E-state index in [4.69, 9.17) is 9.88 Å². The number of nitrogens with two attached hydrogens (primary N) is 1. The molecule has 3 N–H and O–H groups in total. The van der Waals surface area contributed by atoms with Gasteiger partial charge in [0.1, 0.15) is 10.6 Å². The fourth-order valence-corrected chi connectivity index (χ4v) is 4.24. The molecule has 0 aliphatic heterocycles. The fourth-order valence-electron chi connectivity index (χ4n) is 3.51. The zero-order valence-electron chi connectivity index (χ0n) is 16.1. The predicted octanol–water partition coefficient (Wildman–Crippen LogP) is 4.63. The molecule has 158 valence electrons. The Kier molecular flexibility index (Phi) is 5.82. The summed E-state index contributed by atoms with van der Waals surface area (Å²) in [7, 11) is -4.36. The molecule has 1 aliphatic carbocycles. The number of benzene rings is 2. The second-order valence-corrected chi connectivity index (χ2v) is 8.90. The van der Waals surface area contributed by atoms with Crippen molar-refractivity contribution in [3.8, 4) is 5.75 Å². The number of hydrogen-bond acceptors (Lipinski definition) is 4. The lowest BCUT2D eigenvalue weighted by Crippen LogP contribution is -2.21. The average molecular weight is 428 g/mol. The number of alkyl halides is 3. The Balaban J connectivity index is 1.99. The molecule has 0 amide bonds. The van der Waals surface area contributed by atoms with Crippen molar-refractivity contribution in [3.05, 3.63) is 53.1 Å². The first-order valence-electron chi connectivity index (χ1n) is 9.25. The van der Waals surface area contributed by atoms with E-state index in [-0.39, 0.29) is 17.8 Å². The van der Waals surface area contributed by atoms with E-state index in [1.807, 2.05) is 32.0 Å². The second-order valence-electron chi connectivity index (χ2n) is 7.37. The van der Waals surface area contributed by atoms with Gasteiger partial charge in [-0.25, -0.2) is 13.6 Å². The Hall–Kier alpha value is -2.26. The van der Waals surface area contributed by atoms with Crippen LogP contribution in [0.1, 0.15) is 49.4 Å². The number of rotatable bonds is 5. The highest BCUT2D eigenvalue weighted by Crippen LogP contribution is 2.38. The molecule has 0 saturated carbocycles. The number of sulfonamides is 1. The minimum absolute atomic E-state index is 0.00746. The van der Waals surface area contributed by atoms with Gasteiger partial charge in [0.05, 0.1) is 23.4 Å².